The fourth-order valence-electron chi connectivity index (χ4n) is 3.24. The number of amides is 1. The SMILES string of the molecule is CC(C)(C)NS(=O)(=O)c1ccc(NCC(C)(C)NCC(=O)N2CCCC2C#N)nc1.O=C(O)/C=C/C(=O)O. The molecular weight excluding hydrogens is 516 g/mol. The largest absolute Gasteiger partial charge is 0.478 e. The number of nitrogens with zero attached hydrogens (tertiary/aromatic N) is 3. The average Bonchev–Trinajstić information content (AvgIpc) is 3.28. The van der Waals surface area contributed by atoms with Crippen LogP contribution in [0.25, 0.3) is 0 Å². The molecule has 1 aliphatic rings. The van der Waals surface area contributed by atoms with Gasteiger partial charge in [0, 0.05) is 42.5 Å². The Bertz CT molecular complexity index is 1140. The smallest absolute Gasteiger partial charge is 0.328 e. The van der Waals surface area contributed by atoms with Crippen molar-refractivity contribution >= 4 is 33.7 Å². The molecule has 1 amide bonds. The number of likely N-dealkylation sites (tertiary alicyclic amines) is 1. The van der Waals surface area contributed by atoms with Crippen molar-refractivity contribution < 1.29 is 33.0 Å². The molecule has 1 saturated heterocycles. The summed E-state index contributed by atoms with van der Waals surface area (Å²) in [4.78, 5) is 37.4. The van der Waals surface area contributed by atoms with Gasteiger partial charge in [0.05, 0.1) is 12.6 Å². The zero-order chi connectivity index (χ0) is 29.1. The molecule has 1 unspecified atom stereocenters. The van der Waals surface area contributed by atoms with E-state index in [4.69, 9.17) is 15.5 Å². The third-order valence-corrected chi connectivity index (χ3v) is 6.75. The molecule has 38 heavy (non-hydrogen) atoms. The Morgan fingerprint density at radius 2 is 1.76 bits per heavy atom. The van der Waals surface area contributed by atoms with Gasteiger partial charge in [0.2, 0.25) is 15.9 Å². The van der Waals surface area contributed by atoms with Crippen LogP contribution in [0.2, 0.25) is 0 Å². The van der Waals surface area contributed by atoms with Gasteiger partial charge >= 0.3 is 11.9 Å². The van der Waals surface area contributed by atoms with E-state index in [1.165, 1.54) is 12.3 Å². The minimum absolute atomic E-state index is 0.0776. The van der Waals surface area contributed by atoms with Crippen molar-refractivity contribution in [2.75, 3.05) is 25.0 Å². The molecule has 0 saturated carbocycles. The fraction of sp³-hybridized carbons (Fsp3) is 0.542. The van der Waals surface area contributed by atoms with Crippen LogP contribution in [-0.2, 0) is 24.4 Å². The number of carboxylic acids is 2. The first-order chi connectivity index (χ1) is 17.5. The monoisotopic (exact) mass is 552 g/mol. The Morgan fingerprint density at radius 1 is 1.16 bits per heavy atom. The minimum atomic E-state index is -3.63. The predicted octanol–water partition coefficient (Wildman–Crippen LogP) is 1.16. The molecule has 2 rings (SSSR count). The summed E-state index contributed by atoms with van der Waals surface area (Å²) in [6.07, 6.45) is 4.02. The molecule has 13 nitrogen and oxygen atoms in total. The van der Waals surface area contributed by atoms with Gasteiger partial charge in [-0.05, 0) is 59.6 Å². The molecule has 0 bridgehead atoms. The van der Waals surface area contributed by atoms with Crippen LogP contribution in [-0.4, -0.2) is 83.1 Å². The number of rotatable bonds is 10. The quantitative estimate of drug-likeness (QED) is 0.261. The molecule has 5 N–H and O–H groups in total. The van der Waals surface area contributed by atoms with Gasteiger partial charge in [-0.15, -0.1) is 0 Å². The molecule has 1 aliphatic heterocycles. The molecule has 1 aromatic rings. The Morgan fingerprint density at radius 3 is 2.24 bits per heavy atom. The van der Waals surface area contributed by atoms with E-state index in [1.54, 1.807) is 31.7 Å². The topological polar surface area (TPSA) is 202 Å². The number of carbonyl (C=O) groups is 3. The van der Waals surface area contributed by atoms with Gasteiger partial charge in [0.1, 0.15) is 16.8 Å². The van der Waals surface area contributed by atoms with E-state index in [-0.39, 0.29) is 23.4 Å². The molecule has 1 aromatic heterocycles. The van der Waals surface area contributed by atoms with Gasteiger partial charge in [-0.3, -0.25) is 4.79 Å². The number of anilines is 1. The summed E-state index contributed by atoms with van der Waals surface area (Å²) in [5.41, 5.74) is -0.997. The second kappa shape index (κ2) is 13.8. The third kappa shape index (κ3) is 12.1. The normalized spacial score (nSPS) is 15.9. The maximum absolute atomic E-state index is 12.4. The highest BCUT2D eigenvalue weighted by molar-refractivity contribution is 7.89. The van der Waals surface area contributed by atoms with Crippen LogP contribution >= 0.6 is 0 Å². The summed E-state index contributed by atoms with van der Waals surface area (Å²) >= 11 is 0. The minimum Gasteiger partial charge on any atom is -0.478 e. The van der Waals surface area contributed by atoms with Gasteiger partial charge in [0.25, 0.3) is 0 Å². The van der Waals surface area contributed by atoms with Gasteiger partial charge in [-0.1, -0.05) is 0 Å². The van der Waals surface area contributed by atoms with E-state index in [9.17, 15) is 22.8 Å². The van der Waals surface area contributed by atoms with Crippen LogP contribution in [0.1, 0.15) is 47.5 Å². The molecule has 0 spiro atoms. The molecular formula is C24H36N6O7S. The highest BCUT2D eigenvalue weighted by Gasteiger charge is 2.29. The van der Waals surface area contributed by atoms with Crippen molar-refractivity contribution in [2.45, 2.75) is 69.5 Å². The number of nitrogens with one attached hydrogen (secondary N) is 3. The second-order valence-corrected chi connectivity index (χ2v) is 11.9. The number of carboxylic acid groups (broad SMARTS) is 2. The Labute approximate surface area is 223 Å². The van der Waals surface area contributed by atoms with E-state index in [0.717, 1.165) is 12.8 Å². The number of carbonyl (C=O) groups excluding carboxylic acids is 1. The number of pyridine rings is 1. The van der Waals surface area contributed by atoms with Crippen molar-refractivity contribution in [1.29, 1.82) is 5.26 Å². The van der Waals surface area contributed by atoms with Crippen LogP contribution in [0, 0.1) is 11.3 Å². The second-order valence-electron chi connectivity index (χ2n) is 10.2. The summed E-state index contributed by atoms with van der Waals surface area (Å²) in [5, 5.41) is 31.1. The molecule has 0 aromatic carbocycles. The van der Waals surface area contributed by atoms with Crippen LogP contribution in [0.4, 0.5) is 5.82 Å². The van der Waals surface area contributed by atoms with E-state index in [1.807, 2.05) is 13.8 Å². The highest BCUT2D eigenvalue weighted by atomic mass is 32.2. The van der Waals surface area contributed by atoms with E-state index in [0.29, 0.717) is 31.1 Å². The number of aliphatic carboxylic acids is 2. The van der Waals surface area contributed by atoms with E-state index in [2.05, 4.69) is 26.4 Å². The van der Waals surface area contributed by atoms with Gasteiger partial charge < -0.3 is 25.7 Å². The number of hydrogen-bond acceptors (Lipinski definition) is 9. The van der Waals surface area contributed by atoms with Crippen molar-refractivity contribution in [1.82, 2.24) is 19.9 Å². The number of nitriles is 1. The van der Waals surface area contributed by atoms with Crippen molar-refractivity contribution in [3.8, 4) is 6.07 Å². The van der Waals surface area contributed by atoms with Crippen LogP contribution in [0.5, 0.6) is 0 Å². The summed E-state index contributed by atoms with van der Waals surface area (Å²) in [5.74, 6) is -2.05. The molecule has 210 valence electrons. The lowest BCUT2D eigenvalue weighted by molar-refractivity contribution is -0.134. The maximum atomic E-state index is 12.4. The van der Waals surface area contributed by atoms with Gasteiger partial charge in [-0.2, -0.15) is 5.26 Å². The van der Waals surface area contributed by atoms with E-state index >= 15 is 0 Å². The van der Waals surface area contributed by atoms with E-state index < -0.39 is 33.0 Å². The van der Waals surface area contributed by atoms with Crippen molar-refractivity contribution in [2.24, 2.45) is 0 Å². The molecule has 0 aliphatic carbocycles. The predicted molar refractivity (Wildman–Crippen MR) is 140 cm³/mol. The molecule has 1 atom stereocenters. The lowest BCUT2D eigenvalue weighted by atomic mass is 10.1. The maximum Gasteiger partial charge on any atom is 0.328 e. The van der Waals surface area contributed by atoms with Crippen LogP contribution in [0.15, 0.2) is 35.4 Å². The van der Waals surface area contributed by atoms with Gasteiger partial charge in [0.15, 0.2) is 0 Å². The summed E-state index contributed by atoms with van der Waals surface area (Å²) in [7, 11) is -3.63. The summed E-state index contributed by atoms with van der Waals surface area (Å²) in [6, 6.07) is 4.96. The first-order valence-electron chi connectivity index (χ1n) is 11.8. The first kappa shape index (κ1) is 32.5. The zero-order valence-corrected chi connectivity index (χ0v) is 23.0. The number of aromatic nitrogens is 1. The number of sulfonamides is 1. The average molecular weight is 553 g/mol. The summed E-state index contributed by atoms with van der Waals surface area (Å²) < 4.78 is 27.3. The first-order valence-corrected chi connectivity index (χ1v) is 13.3. The lowest BCUT2D eigenvalue weighted by Gasteiger charge is -2.28. The molecule has 0 radical (unpaired) electrons. The third-order valence-electron chi connectivity index (χ3n) is 5.01. The van der Waals surface area contributed by atoms with Crippen molar-refractivity contribution in [3.63, 3.8) is 0 Å². The highest BCUT2D eigenvalue weighted by Crippen LogP contribution is 2.17. The number of hydrogen-bond donors (Lipinski definition) is 5. The molecule has 14 heteroatoms. The standard InChI is InChI=1S/C20H32N6O3S.C4H4O4/c1-19(2,3)25-30(28,29)16-8-9-17(22-12-16)23-14-20(4,5)24-13-18(27)26-10-6-7-15(26)11-21;5-3(6)1-2-4(7)8/h8-9,12,15,24-25H,6-7,10,13-14H2,1-5H3,(H,22,23);1-2H,(H,5,6)(H,7,8)/b;2-1+. The lowest BCUT2D eigenvalue weighted by Crippen LogP contribution is -2.50. The molecule has 2 heterocycles. The van der Waals surface area contributed by atoms with Crippen LogP contribution < -0.4 is 15.4 Å². The van der Waals surface area contributed by atoms with Crippen molar-refractivity contribution in [3.05, 3.63) is 30.5 Å². The van der Waals surface area contributed by atoms with Gasteiger partial charge in [-0.25, -0.2) is 27.7 Å². The fourth-order valence-corrected chi connectivity index (χ4v) is 4.60. The summed E-state index contributed by atoms with van der Waals surface area (Å²) in [6.45, 7) is 10.5. The molecule has 1 fully saturated rings. The Balaban J connectivity index is 0.000000781. The Kier molecular flexibility index (Phi) is 11.8. The van der Waals surface area contributed by atoms with Crippen LogP contribution in [0.3, 0.4) is 0 Å². The zero-order valence-electron chi connectivity index (χ0n) is 22.2. The Hall–Kier alpha value is -3.54.